The zero-order chi connectivity index (χ0) is 11.4. The van der Waals surface area contributed by atoms with Crippen molar-refractivity contribution in [1.29, 1.82) is 0 Å². The van der Waals surface area contributed by atoms with Crippen molar-refractivity contribution in [3.05, 3.63) is 11.6 Å². The van der Waals surface area contributed by atoms with E-state index >= 15 is 0 Å². The average Bonchev–Trinajstić information content (AvgIpc) is 2.16. The van der Waals surface area contributed by atoms with E-state index in [1.165, 1.54) is 11.0 Å². The minimum absolute atomic E-state index is 0.0671. The number of carboxylic acid groups (broad SMARTS) is 1. The third kappa shape index (κ3) is 3.06. The summed E-state index contributed by atoms with van der Waals surface area (Å²) in [6, 6.07) is -0.859. The second kappa shape index (κ2) is 4.93. The lowest BCUT2D eigenvalue weighted by molar-refractivity contribution is -0.156. The van der Waals surface area contributed by atoms with Gasteiger partial charge in [0.15, 0.2) is 6.04 Å². The zero-order valence-corrected chi connectivity index (χ0v) is 8.90. The van der Waals surface area contributed by atoms with E-state index in [1.807, 2.05) is 0 Å². The number of amides is 1. The summed E-state index contributed by atoms with van der Waals surface area (Å²) >= 11 is 0. The third-order valence-electron chi connectivity index (χ3n) is 2.11. The Morgan fingerprint density at radius 3 is 2.67 bits per heavy atom. The van der Waals surface area contributed by atoms with Crippen LogP contribution in [0.3, 0.4) is 0 Å². The van der Waals surface area contributed by atoms with Gasteiger partial charge in [-0.3, -0.25) is 4.79 Å². The molecule has 5 nitrogen and oxygen atoms in total. The van der Waals surface area contributed by atoms with E-state index in [0.717, 1.165) is 5.57 Å². The van der Waals surface area contributed by atoms with Crippen LogP contribution >= 0.6 is 0 Å². The third-order valence-corrected chi connectivity index (χ3v) is 2.11. The molecule has 0 radical (unpaired) electrons. The SMILES string of the molecule is CC(C)=CC(=O)N1CCOCC1C(=O)O. The highest BCUT2D eigenvalue weighted by atomic mass is 16.5. The number of carbonyl (C=O) groups is 2. The summed E-state index contributed by atoms with van der Waals surface area (Å²) in [5.41, 5.74) is 0.857. The molecule has 0 bridgehead atoms. The first-order valence-electron chi connectivity index (χ1n) is 4.78. The Labute approximate surface area is 88.3 Å². The molecule has 84 valence electrons. The first-order chi connectivity index (χ1) is 7.02. The van der Waals surface area contributed by atoms with Gasteiger partial charge in [-0.05, 0) is 13.8 Å². The van der Waals surface area contributed by atoms with Gasteiger partial charge in [0.25, 0.3) is 0 Å². The quantitative estimate of drug-likeness (QED) is 0.668. The van der Waals surface area contributed by atoms with E-state index in [4.69, 9.17) is 9.84 Å². The second-order valence-electron chi connectivity index (χ2n) is 3.68. The number of morpholine rings is 1. The van der Waals surface area contributed by atoms with Gasteiger partial charge in [-0.1, -0.05) is 5.57 Å². The summed E-state index contributed by atoms with van der Waals surface area (Å²) in [4.78, 5) is 23.8. The summed E-state index contributed by atoms with van der Waals surface area (Å²) in [5.74, 6) is -1.28. The molecule has 0 aromatic rings. The van der Waals surface area contributed by atoms with E-state index in [-0.39, 0.29) is 12.5 Å². The Morgan fingerprint density at radius 2 is 2.13 bits per heavy atom. The highest BCUT2D eigenvalue weighted by Gasteiger charge is 2.31. The molecule has 1 rings (SSSR count). The number of nitrogens with zero attached hydrogens (tertiary/aromatic N) is 1. The Bertz CT molecular complexity index is 294. The maximum atomic E-state index is 11.7. The van der Waals surface area contributed by atoms with Gasteiger partial charge in [-0.15, -0.1) is 0 Å². The van der Waals surface area contributed by atoms with Crippen LogP contribution in [0.5, 0.6) is 0 Å². The van der Waals surface area contributed by atoms with Crippen LogP contribution in [0.1, 0.15) is 13.8 Å². The molecule has 0 aromatic heterocycles. The molecule has 1 fully saturated rings. The Hall–Kier alpha value is -1.36. The molecular formula is C10H15NO4. The number of aliphatic carboxylic acids is 1. The number of hydrogen-bond donors (Lipinski definition) is 1. The summed E-state index contributed by atoms with van der Waals surface area (Å²) < 4.78 is 5.03. The molecule has 1 unspecified atom stereocenters. The lowest BCUT2D eigenvalue weighted by atomic mass is 10.2. The van der Waals surface area contributed by atoms with Crippen molar-refractivity contribution in [3.8, 4) is 0 Å². The van der Waals surface area contributed by atoms with Crippen molar-refractivity contribution < 1.29 is 19.4 Å². The minimum atomic E-state index is -1.02. The molecule has 0 spiro atoms. The fraction of sp³-hybridized carbons (Fsp3) is 0.600. The van der Waals surface area contributed by atoms with Crippen molar-refractivity contribution in [2.24, 2.45) is 0 Å². The first-order valence-corrected chi connectivity index (χ1v) is 4.78. The molecule has 1 aliphatic heterocycles. The number of carbonyl (C=O) groups excluding carboxylic acids is 1. The van der Waals surface area contributed by atoms with Crippen LogP contribution in [-0.2, 0) is 14.3 Å². The van der Waals surface area contributed by atoms with Gasteiger partial charge in [0.05, 0.1) is 13.2 Å². The molecule has 0 aliphatic carbocycles. The summed E-state index contributed by atoms with van der Waals surface area (Å²) in [6.45, 7) is 4.39. The van der Waals surface area contributed by atoms with E-state index in [2.05, 4.69) is 0 Å². The Morgan fingerprint density at radius 1 is 1.47 bits per heavy atom. The van der Waals surface area contributed by atoms with Crippen LogP contribution < -0.4 is 0 Å². The molecule has 5 heteroatoms. The van der Waals surface area contributed by atoms with Gasteiger partial charge < -0.3 is 14.7 Å². The van der Waals surface area contributed by atoms with Gasteiger partial charge in [-0.25, -0.2) is 4.79 Å². The second-order valence-corrected chi connectivity index (χ2v) is 3.68. The fourth-order valence-electron chi connectivity index (χ4n) is 1.40. The van der Waals surface area contributed by atoms with Gasteiger partial charge in [-0.2, -0.15) is 0 Å². The van der Waals surface area contributed by atoms with Crippen LogP contribution in [0.4, 0.5) is 0 Å². The average molecular weight is 213 g/mol. The molecular weight excluding hydrogens is 198 g/mol. The highest BCUT2D eigenvalue weighted by molar-refractivity contribution is 5.91. The lowest BCUT2D eigenvalue weighted by Crippen LogP contribution is -2.52. The molecule has 1 heterocycles. The molecule has 1 N–H and O–H groups in total. The number of allylic oxidation sites excluding steroid dienone is 1. The molecule has 0 saturated carbocycles. The van der Waals surface area contributed by atoms with E-state index in [0.29, 0.717) is 13.2 Å². The largest absolute Gasteiger partial charge is 0.480 e. The smallest absolute Gasteiger partial charge is 0.328 e. The summed E-state index contributed by atoms with van der Waals surface area (Å²) in [6.07, 6.45) is 1.45. The van der Waals surface area contributed by atoms with Crippen LogP contribution in [0.15, 0.2) is 11.6 Å². The van der Waals surface area contributed by atoms with Crippen LogP contribution in [-0.4, -0.2) is 47.7 Å². The predicted molar refractivity (Wildman–Crippen MR) is 53.4 cm³/mol. The van der Waals surface area contributed by atoms with Crippen LogP contribution in [0.25, 0.3) is 0 Å². The van der Waals surface area contributed by atoms with Crippen LogP contribution in [0, 0.1) is 0 Å². The number of hydrogen-bond acceptors (Lipinski definition) is 3. The molecule has 1 atom stereocenters. The molecule has 1 aliphatic rings. The van der Waals surface area contributed by atoms with Gasteiger partial charge >= 0.3 is 5.97 Å². The summed E-state index contributed by atoms with van der Waals surface area (Å²) in [7, 11) is 0. The molecule has 1 amide bonds. The standard InChI is InChI=1S/C10H15NO4/c1-7(2)5-9(12)11-3-4-15-6-8(11)10(13)14/h5,8H,3-4,6H2,1-2H3,(H,13,14). The maximum absolute atomic E-state index is 11.7. The highest BCUT2D eigenvalue weighted by Crippen LogP contribution is 2.09. The van der Waals surface area contributed by atoms with E-state index in [1.54, 1.807) is 13.8 Å². The molecule has 1 saturated heterocycles. The molecule has 15 heavy (non-hydrogen) atoms. The predicted octanol–water partition coefficient (Wildman–Crippen LogP) is 0.265. The van der Waals surface area contributed by atoms with Crippen molar-refractivity contribution in [1.82, 2.24) is 4.90 Å². The van der Waals surface area contributed by atoms with E-state index < -0.39 is 12.0 Å². The monoisotopic (exact) mass is 213 g/mol. The van der Waals surface area contributed by atoms with Crippen LogP contribution in [0.2, 0.25) is 0 Å². The topological polar surface area (TPSA) is 66.8 Å². The molecule has 0 aromatic carbocycles. The van der Waals surface area contributed by atoms with Crippen molar-refractivity contribution in [3.63, 3.8) is 0 Å². The number of carboxylic acids is 1. The van der Waals surface area contributed by atoms with Crippen molar-refractivity contribution >= 4 is 11.9 Å². The Balaban J connectivity index is 2.76. The lowest BCUT2D eigenvalue weighted by Gasteiger charge is -2.32. The Kier molecular flexibility index (Phi) is 3.85. The van der Waals surface area contributed by atoms with Crippen molar-refractivity contribution in [2.75, 3.05) is 19.8 Å². The van der Waals surface area contributed by atoms with Gasteiger partial charge in [0, 0.05) is 12.6 Å². The van der Waals surface area contributed by atoms with Crippen molar-refractivity contribution in [2.45, 2.75) is 19.9 Å². The zero-order valence-electron chi connectivity index (χ0n) is 8.90. The van der Waals surface area contributed by atoms with E-state index in [9.17, 15) is 9.59 Å². The maximum Gasteiger partial charge on any atom is 0.328 e. The van der Waals surface area contributed by atoms with Gasteiger partial charge in [0.1, 0.15) is 0 Å². The minimum Gasteiger partial charge on any atom is -0.480 e. The summed E-state index contributed by atoms with van der Waals surface area (Å²) in [5, 5.41) is 8.90. The normalized spacial score (nSPS) is 20.9. The first kappa shape index (κ1) is 11.7. The number of ether oxygens (including phenoxy) is 1. The number of rotatable bonds is 2. The fourth-order valence-corrected chi connectivity index (χ4v) is 1.40. The van der Waals surface area contributed by atoms with Gasteiger partial charge in [0.2, 0.25) is 5.91 Å².